The average molecular weight is 496 g/mol. The Morgan fingerprint density at radius 3 is 2.60 bits per heavy atom. The molecule has 0 radical (unpaired) electrons. The third kappa shape index (κ3) is 4.19. The molecule has 9 nitrogen and oxygen atoms in total. The summed E-state index contributed by atoms with van der Waals surface area (Å²) in [5.41, 5.74) is 0.0660. The minimum absolute atomic E-state index is 0.0969. The number of rotatable bonds is 6. The van der Waals surface area contributed by atoms with Gasteiger partial charge in [-0.25, -0.2) is 4.79 Å². The second-order valence-electron chi connectivity index (χ2n) is 8.54. The Balaban J connectivity index is 1.25. The van der Waals surface area contributed by atoms with Gasteiger partial charge in [-0.3, -0.25) is 14.5 Å². The van der Waals surface area contributed by atoms with E-state index in [-0.39, 0.29) is 13.3 Å². The molecule has 1 unspecified atom stereocenters. The first kappa shape index (κ1) is 22.8. The van der Waals surface area contributed by atoms with E-state index in [0.717, 1.165) is 10.5 Å². The smallest absolute Gasteiger partial charge is 0.325 e. The number of benzene rings is 2. The molecule has 2 aliphatic rings. The van der Waals surface area contributed by atoms with Gasteiger partial charge in [-0.15, -0.1) is 0 Å². The van der Waals surface area contributed by atoms with Gasteiger partial charge in [-0.05, 0) is 61.0 Å². The summed E-state index contributed by atoms with van der Waals surface area (Å²) in [6.07, 6.45) is 0. The number of furan rings is 1. The molecule has 0 spiro atoms. The van der Waals surface area contributed by atoms with E-state index in [9.17, 15) is 14.4 Å². The Morgan fingerprint density at radius 1 is 1.09 bits per heavy atom. The van der Waals surface area contributed by atoms with Gasteiger partial charge in [0, 0.05) is 17.6 Å². The minimum Gasteiger partial charge on any atom is -0.459 e. The van der Waals surface area contributed by atoms with Crippen LogP contribution in [0.3, 0.4) is 0 Å². The number of hydrogen-bond acceptors (Lipinski definition) is 6. The van der Waals surface area contributed by atoms with Gasteiger partial charge in [-0.1, -0.05) is 17.7 Å². The normalized spacial score (nSPS) is 18.7. The summed E-state index contributed by atoms with van der Waals surface area (Å²) in [6.45, 7) is 1.47. The molecule has 0 saturated carbocycles. The van der Waals surface area contributed by atoms with Crippen LogP contribution in [0.2, 0.25) is 5.02 Å². The Morgan fingerprint density at radius 2 is 1.83 bits per heavy atom. The molecular formula is C25H22ClN3O6. The van der Waals surface area contributed by atoms with Crippen molar-refractivity contribution >= 4 is 29.4 Å². The fraction of sp³-hybridized carbons (Fsp3) is 0.240. The van der Waals surface area contributed by atoms with Crippen LogP contribution in [-0.4, -0.2) is 48.0 Å². The van der Waals surface area contributed by atoms with Crippen molar-refractivity contribution in [1.29, 1.82) is 0 Å². The second-order valence-corrected chi connectivity index (χ2v) is 8.97. The Labute approximate surface area is 206 Å². The zero-order chi connectivity index (χ0) is 24.7. The fourth-order valence-corrected chi connectivity index (χ4v) is 4.18. The van der Waals surface area contributed by atoms with Gasteiger partial charge in [0.1, 0.15) is 23.6 Å². The van der Waals surface area contributed by atoms with Crippen LogP contribution < -0.4 is 14.8 Å². The molecule has 3 aromatic rings. The first-order chi connectivity index (χ1) is 16.7. The van der Waals surface area contributed by atoms with Crippen LogP contribution in [0.4, 0.5) is 4.79 Å². The van der Waals surface area contributed by atoms with Crippen molar-refractivity contribution in [3.63, 3.8) is 0 Å². The van der Waals surface area contributed by atoms with Gasteiger partial charge in [-0.2, -0.15) is 0 Å². The average Bonchev–Trinajstić information content (AvgIpc) is 3.55. The highest BCUT2D eigenvalue weighted by Crippen LogP contribution is 2.37. The molecule has 2 aliphatic heterocycles. The summed E-state index contributed by atoms with van der Waals surface area (Å²) in [7, 11) is 1.59. The lowest BCUT2D eigenvalue weighted by molar-refractivity contribution is -0.138. The zero-order valence-electron chi connectivity index (χ0n) is 19.0. The topological polar surface area (TPSA) is 101 Å². The van der Waals surface area contributed by atoms with E-state index in [1.165, 1.54) is 4.90 Å². The maximum atomic E-state index is 13.2. The van der Waals surface area contributed by atoms with Crippen molar-refractivity contribution in [2.75, 3.05) is 20.4 Å². The van der Waals surface area contributed by atoms with Crippen LogP contribution in [0.5, 0.6) is 11.5 Å². The van der Waals surface area contributed by atoms with E-state index >= 15 is 0 Å². The van der Waals surface area contributed by atoms with Crippen LogP contribution in [0.15, 0.2) is 59.0 Å². The summed E-state index contributed by atoms with van der Waals surface area (Å²) in [6, 6.07) is 15.2. The monoisotopic (exact) mass is 495 g/mol. The van der Waals surface area contributed by atoms with E-state index in [1.54, 1.807) is 50.4 Å². The molecule has 35 heavy (non-hydrogen) atoms. The van der Waals surface area contributed by atoms with Crippen molar-refractivity contribution in [2.45, 2.75) is 19.0 Å². The largest absolute Gasteiger partial charge is 0.459 e. The van der Waals surface area contributed by atoms with E-state index < -0.39 is 29.9 Å². The number of fused-ring (bicyclic) bond motifs is 1. The molecule has 0 aliphatic carbocycles. The second kappa shape index (κ2) is 8.66. The van der Waals surface area contributed by atoms with Crippen LogP contribution in [0.25, 0.3) is 11.3 Å². The van der Waals surface area contributed by atoms with E-state index in [4.69, 9.17) is 25.5 Å². The van der Waals surface area contributed by atoms with Crippen molar-refractivity contribution in [3.05, 3.63) is 70.9 Å². The van der Waals surface area contributed by atoms with Crippen LogP contribution >= 0.6 is 11.6 Å². The number of nitrogens with zero attached hydrogens (tertiary/aromatic N) is 2. The zero-order valence-corrected chi connectivity index (χ0v) is 19.8. The highest BCUT2D eigenvalue weighted by atomic mass is 35.5. The number of carbonyl (C=O) groups excluding carboxylic acids is 3. The molecule has 1 N–H and O–H groups in total. The van der Waals surface area contributed by atoms with Crippen molar-refractivity contribution in [3.8, 4) is 22.8 Å². The van der Waals surface area contributed by atoms with Gasteiger partial charge < -0.3 is 24.1 Å². The molecular weight excluding hydrogens is 474 g/mol. The maximum Gasteiger partial charge on any atom is 0.325 e. The van der Waals surface area contributed by atoms with Gasteiger partial charge in [0.25, 0.3) is 5.91 Å². The standard InChI is InChI=1S/C25H22ClN3O6/c1-25(16-5-9-20-21(11-16)34-14-33-20)23(31)29(24(32)27-25)13-22(30)28(2)12-18-8-10-19(35-18)15-3-6-17(26)7-4-15/h3-11H,12-14H2,1-2H3,(H,27,32). The predicted octanol–water partition coefficient (Wildman–Crippen LogP) is 3.75. The number of nitrogens with one attached hydrogen (secondary N) is 1. The number of hydrogen-bond donors (Lipinski definition) is 1. The first-order valence-corrected chi connectivity index (χ1v) is 11.3. The number of amides is 4. The van der Waals surface area contributed by atoms with Crippen molar-refractivity contribution in [2.24, 2.45) is 0 Å². The van der Waals surface area contributed by atoms with Gasteiger partial charge >= 0.3 is 6.03 Å². The van der Waals surface area contributed by atoms with Crippen LogP contribution in [0.1, 0.15) is 18.2 Å². The summed E-state index contributed by atoms with van der Waals surface area (Å²) in [5.74, 6) is 1.34. The van der Waals surface area contributed by atoms with Crippen molar-refractivity contribution in [1.82, 2.24) is 15.1 Å². The minimum atomic E-state index is -1.33. The van der Waals surface area contributed by atoms with Crippen molar-refractivity contribution < 1.29 is 28.3 Å². The molecule has 180 valence electrons. The lowest BCUT2D eigenvalue weighted by Gasteiger charge is -2.23. The Bertz CT molecular complexity index is 1320. The van der Waals surface area contributed by atoms with Gasteiger partial charge in [0.15, 0.2) is 11.5 Å². The quantitative estimate of drug-likeness (QED) is 0.523. The lowest BCUT2D eigenvalue weighted by Crippen LogP contribution is -2.43. The molecule has 0 bridgehead atoms. The summed E-state index contributed by atoms with van der Waals surface area (Å²) in [4.78, 5) is 41.1. The predicted molar refractivity (Wildman–Crippen MR) is 126 cm³/mol. The number of urea groups is 1. The summed E-state index contributed by atoms with van der Waals surface area (Å²) >= 11 is 5.93. The fourth-order valence-electron chi connectivity index (χ4n) is 4.05. The number of halogens is 1. The SMILES string of the molecule is CN(Cc1ccc(-c2ccc(Cl)cc2)o1)C(=O)CN1C(=O)NC(C)(c2ccc3c(c2)OCO3)C1=O. The molecule has 4 amide bonds. The summed E-state index contributed by atoms with van der Waals surface area (Å²) < 4.78 is 16.5. The van der Waals surface area contributed by atoms with Gasteiger partial charge in [0.05, 0.1) is 6.54 Å². The lowest BCUT2D eigenvalue weighted by atomic mass is 9.91. The van der Waals surface area contributed by atoms with Crippen LogP contribution in [-0.2, 0) is 21.7 Å². The van der Waals surface area contributed by atoms with Gasteiger partial charge in [0.2, 0.25) is 12.7 Å². The Hall–Kier alpha value is -3.98. The first-order valence-electron chi connectivity index (χ1n) is 10.9. The van der Waals surface area contributed by atoms with E-state index in [2.05, 4.69) is 5.32 Å². The summed E-state index contributed by atoms with van der Waals surface area (Å²) in [5, 5.41) is 3.33. The number of imide groups is 1. The molecule has 3 heterocycles. The molecule has 1 atom stereocenters. The number of likely N-dealkylation sites (N-methyl/N-ethyl adjacent to an activating group) is 1. The molecule has 5 rings (SSSR count). The molecule has 1 saturated heterocycles. The molecule has 2 aromatic carbocycles. The highest BCUT2D eigenvalue weighted by Gasteiger charge is 2.50. The Kier molecular flexibility index (Phi) is 5.64. The van der Waals surface area contributed by atoms with E-state index in [0.29, 0.717) is 33.6 Å². The maximum absolute atomic E-state index is 13.2. The molecule has 1 aromatic heterocycles. The third-order valence-corrected chi connectivity index (χ3v) is 6.38. The number of ether oxygens (including phenoxy) is 2. The van der Waals surface area contributed by atoms with E-state index in [1.807, 2.05) is 18.2 Å². The molecule has 10 heteroatoms. The molecule has 1 fully saturated rings. The van der Waals surface area contributed by atoms with Crippen LogP contribution in [0, 0.1) is 0 Å². The number of carbonyl (C=O) groups is 3. The highest BCUT2D eigenvalue weighted by molar-refractivity contribution is 6.30. The third-order valence-electron chi connectivity index (χ3n) is 6.13.